The van der Waals surface area contributed by atoms with Crippen molar-refractivity contribution in [3.63, 3.8) is 0 Å². The summed E-state index contributed by atoms with van der Waals surface area (Å²) < 4.78 is 0. The number of hydrogen-bond donors (Lipinski definition) is 2. The molecule has 1 unspecified atom stereocenters. The largest absolute Gasteiger partial charge is 0.345 e. The van der Waals surface area contributed by atoms with Gasteiger partial charge in [-0.05, 0) is 12.0 Å². The van der Waals surface area contributed by atoms with Gasteiger partial charge in [0.05, 0.1) is 17.3 Å². The molecule has 1 aliphatic rings. The summed E-state index contributed by atoms with van der Waals surface area (Å²) in [7, 11) is 0. The number of benzene rings is 1. The smallest absolute Gasteiger partial charge is 0.259 e. The summed E-state index contributed by atoms with van der Waals surface area (Å²) in [5.41, 5.74) is 2.53. The molecule has 2 N–H and O–H groups in total. The molecule has 7 nitrogen and oxygen atoms in total. The lowest BCUT2D eigenvalue weighted by molar-refractivity contribution is -0.117. The van der Waals surface area contributed by atoms with E-state index in [4.69, 9.17) is 0 Å². The molecule has 1 atom stereocenters. The first-order valence-electron chi connectivity index (χ1n) is 9.37. The second-order valence-electron chi connectivity index (χ2n) is 6.56. The molecule has 0 spiro atoms. The highest BCUT2D eigenvalue weighted by atomic mass is 32.2. The summed E-state index contributed by atoms with van der Waals surface area (Å²) in [4.78, 5) is 31.5. The fourth-order valence-electron chi connectivity index (χ4n) is 3.28. The highest BCUT2D eigenvalue weighted by Gasteiger charge is 2.23. The second-order valence-corrected chi connectivity index (χ2v) is 7.70. The molecule has 1 aliphatic heterocycles. The van der Waals surface area contributed by atoms with Crippen molar-refractivity contribution < 1.29 is 4.79 Å². The van der Waals surface area contributed by atoms with E-state index in [2.05, 4.69) is 44.3 Å². The standard InChI is InChI=1S/C20H22N6OS/c1-2-6-15(14-7-4-3-5-8-14)25-20(27)16-11-26(9-10-28-16)19-17-18(22-12-21-17)23-13-24-19/h3-5,7-8,11-13,15H,2,6,9-10H2,1H3,(H,25,27)(H,21,22,23,24). The van der Waals surface area contributed by atoms with E-state index in [1.807, 2.05) is 29.3 Å². The van der Waals surface area contributed by atoms with Gasteiger partial charge in [0.2, 0.25) is 0 Å². The van der Waals surface area contributed by atoms with Gasteiger partial charge < -0.3 is 15.2 Å². The van der Waals surface area contributed by atoms with Crippen molar-refractivity contribution in [2.24, 2.45) is 0 Å². The van der Waals surface area contributed by atoms with Crippen LogP contribution in [-0.4, -0.2) is 38.1 Å². The average molecular weight is 395 g/mol. The summed E-state index contributed by atoms with van der Waals surface area (Å²) in [6, 6.07) is 10.1. The summed E-state index contributed by atoms with van der Waals surface area (Å²) in [6.07, 6.45) is 6.88. The zero-order valence-corrected chi connectivity index (χ0v) is 16.4. The molecule has 8 heteroatoms. The molecule has 0 radical (unpaired) electrons. The van der Waals surface area contributed by atoms with Crippen LogP contribution in [0.4, 0.5) is 5.82 Å². The third-order valence-electron chi connectivity index (χ3n) is 4.65. The Hall–Kier alpha value is -2.87. The molecule has 3 aromatic rings. The molecule has 0 aliphatic carbocycles. The molecule has 0 saturated heterocycles. The molecule has 2 aromatic heterocycles. The maximum Gasteiger partial charge on any atom is 0.259 e. The van der Waals surface area contributed by atoms with Crippen molar-refractivity contribution in [3.8, 4) is 0 Å². The average Bonchev–Trinajstić information content (AvgIpc) is 3.23. The van der Waals surface area contributed by atoms with Crippen molar-refractivity contribution >= 4 is 34.7 Å². The first kappa shape index (κ1) is 18.5. The van der Waals surface area contributed by atoms with Crippen LogP contribution in [0.5, 0.6) is 0 Å². The first-order chi connectivity index (χ1) is 13.8. The number of anilines is 1. The summed E-state index contributed by atoms with van der Waals surface area (Å²) >= 11 is 1.57. The molecule has 144 valence electrons. The van der Waals surface area contributed by atoms with Crippen molar-refractivity contribution in [1.82, 2.24) is 25.3 Å². The van der Waals surface area contributed by atoms with E-state index < -0.39 is 0 Å². The lowest BCUT2D eigenvalue weighted by Crippen LogP contribution is -2.33. The summed E-state index contributed by atoms with van der Waals surface area (Å²) in [6.45, 7) is 2.90. The maximum absolute atomic E-state index is 13.0. The number of hydrogen-bond acceptors (Lipinski definition) is 6. The van der Waals surface area contributed by atoms with Gasteiger partial charge in [0, 0.05) is 18.5 Å². The van der Waals surface area contributed by atoms with Gasteiger partial charge in [-0.25, -0.2) is 15.0 Å². The minimum Gasteiger partial charge on any atom is -0.345 e. The number of imidazole rings is 1. The lowest BCUT2D eigenvalue weighted by Gasteiger charge is -2.26. The molecule has 0 saturated carbocycles. The van der Waals surface area contributed by atoms with E-state index in [1.54, 1.807) is 18.1 Å². The van der Waals surface area contributed by atoms with Gasteiger partial charge in [0.15, 0.2) is 11.5 Å². The fraction of sp³-hybridized carbons (Fsp3) is 0.300. The summed E-state index contributed by atoms with van der Waals surface area (Å²) in [5.74, 6) is 1.50. The number of carbonyl (C=O) groups excluding carboxylic acids is 1. The Kier molecular flexibility index (Phi) is 5.57. The number of thioether (sulfide) groups is 1. The molecule has 28 heavy (non-hydrogen) atoms. The number of aromatic amines is 1. The molecular formula is C20H22N6OS. The third-order valence-corrected chi connectivity index (χ3v) is 5.63. The van der Waals surface area contributed by atoms with Gasteiger partial charge in [-0.15, -0.1) is 11.8 Å². The van der Waals surface area contributed by atoms with Crippen molar-refractivity contribution in [3.05, 3.63) is 59.7 Å². The van der Waals surface area contributed by atoms with Gasteiger partial charge in [-0.2, -0.15) is 0 Å². The predicted molar refractivity (Wildman–Crippen MR) is 112 cm³/mol. The Morgan fingerprint density at radius 1 is 1.29 bits per heavy atom. The Bertz CT molecular complexity index is 987. The molecule has 1 amide bonds. The topological polar surface area (TPSA) is 86.8 Å². The molecule has 0 bridgehead atoms. The number of rotatable bonds is 6. The zero-order valence-electron chi connectivity index (χ0n) is 15.6. The van der Waals surface area contributed by atoms with E-state index in [-0.39, 0.29) is 11.9 Å². The molecule has 3 heterocycles. The molecule has 1 aromatic carbocycles. The van der Waals surface area contributed by atoms with E-state index in [0.29, 0.717) is 10.6 Å². The molecule has 4 rings (SSSR count). The van der Waals surface area contributed by atoms with Crippen LogP contribution >= 0.6 is 11.8 Å². The van der Waals surface area contributed by atoms with Gasteiger partial charge in [0.25, 0.3) is 5.91 Å². The van der Waals surface area contributed by atoms with Crippen LogP contribution in [-0.2, 0) is 4.79 Å². The van der Waals surface area contributed by atoms with Crippen molar-refractivity contribution in [2.45, 2.75) is 25.8 Å². The van der Waals surface area contributed by atoms with Crippen LogP contribution in [0.3, 0.4) is 0 Å². The van der Waals surface area contributed by atoms with Gasteiger partial charge in [-0.1, -0.05) is 43.7 Å². The summed E-state index contributed by atoms with van der Waals surface area (Å²) in [5, 5.41) is 3.20. The van der Waals surface area contributed by atoms with Crippen LogP contribution < -0.4 is 10.2 Å². The number of nitrogens with one attached hydrogen (secondary N) is 2. The lowest BCUT2D eigenvalue weighted by atomic mass is 10.0. The number of aromatic nitrogens is 4. The van der Waals surface area contributed by atoms with Crippen LogP contribution in [0.1, 0.15) is 31.4 Å². The zero-order chi connectivity index (χ0) is 19.3. The normalized spacial score (nSPS) is 15.3. The van der Waals surface area contributed by atoms with Crippen molar-refractivity contribution in [1.29, 1.82) is 0 Å². The second kappa shape index (κ2) is 8.43. The Labute approximate surface area is 167 Å². The quantitative estimate of drug-likeness (QED) is 0.666. The molecular weight excluding hydrogens is 372 g/mol. The van der Waals surface area contributed by atoms with Crippen LogP contribution in [0.25, 0.3) is 11.2 Å². The Morgan fingerprint density at radius 2 is 2.14 bits per heavy atom. The van der Waals surface area contributed by atoms with E-state index in [0.717, 1.165) is 42.0 Å². The number of nitrogens with zero attached hydrogens (tertiary/aromatic N) is 4. The van der Waals surface area contributed by atoms with Gasteiger partial charge >= 0.3 is 0 Å². The fourth-order valence-corrected chi connectivity index (χ4v) is 4.18. The minimum atomic E-state index is -0.0492. The van der Waals surface area contributed by atoms with Crippen LogP contribution in [0.2, 0.25) is 0 Å². The monoisotopic (exact) mass is 394 g/mol. The first-order valence-corrected chi connectivity index (χ1v) is 10.4. The van der Waals surface area contributed by atoms with Gasteiger partial charge in [0.1, 0.15) is 11.8 Å². The van der Waals surface area contributed by atoms with Crippen LogP contribution in [0, 0.1) is 0 Å². The van der Waals surface area contributed by atoms with E-state index >= 15 is 0 Å². The third kappa shape index (κ3) is 3.87. The van der Waals surface area contributed by atoms with Crippen LogP contribution in [0.15, 0.2) is 54.1 Å². The Balaban J connectivity index is 1.56. The number of fused-ring (bicyclic) bond motifs is 1. The van der Waals surface area contributed by atoms with Crippen molar-refractivity contribution in [2.75, 3.05) is 17.2 Å². The van der Waals surface area contributed by atoms with E-state index in [1.165, 1.54) is 6.33 Å². The van der Waals surface area contributed by atoms with E-state index in [9.17, 15) is 4.79 Å². The SMILES string of the molecule is CCCC(NC(=O)C1=CN(c2ncnc3nc[nH]c23)CCS1)c1ccccc1. The minimum absolute atomic E-state index is 0.00828. The number of amides is 1. The number of carbonyl (C=O) groups is 1. The highest BCUT2D eigenvalue weighted by molar-refractivity contribution is 8.04. The van der Waals surface area contributed by atoms with Gasteiger partial charge in [-0.3, -0.25) is 4.79 Å². The number of H-pyrrole nitrogens is 1. The molecule has 0 fully saturated rings. The maximum atomic E-state index is 13.0. The predicted octanol–water partition coefficient (Wildman–Crippen LogP) is 3.41. The highest BCUT2D eigenvalue weighted by Crippen LogP contribution is 2.29. The Morgan fingerprint density at radius 3 is 2.96 bits per heavy atom.